The Labute approximate surface area is 96.2 Å². The molecular formula is C9H12BrN5. The molecular weight excluding hydrogens is 258 g/mol. The summed E-state index contributed by atoms with van der Waals surface area (Å²) >= 11 is 3.37. The van der Waals surface area contributed by atoms with Crippen LogP contribution in [0, 0.1) is 17.7 Å². The molecule has 1 aromatic carbocycles. The first kappa shape index (κ1) is 11.5. The summed E-state index contributed by atoms with van der Waals surface area (Å²) in [7, 11) is 0. The van der Waals surface area contributed by atoms with Gasteiger partial charge in [-0.25, -0.2) is 0 Å². The fourth-order valence-electron chi connectivity index (χ4n) is 1.02. The summed E-state index contributed by atoms with van der Waals surface area (Å²) in [4.78, 5) is 0. The Bertz CT molecular complexity index is 401. The Morgan fingerprint density at radius 2 is 2.07 bits per heavy atom. The molecule has 0 fully saturated rings. The van der Waals surface area contributed by atoms with Crippen LogP contribution >= 0.6 is 15.9 Å². The van der Waals surface area contributed by atoms with Crippen molar-refractivity contribution in [1.82, 2.24) is 5.32 Å². The van der Waals surface area contributed by atoms with E-state index in [0.29, 0.717) is 0 Å². The third-order valence-electron chi connectivity index (χ3n) is 1.64. The maximum atomic E-state index is 7.44. The van der Waals surface area contributed by atoms with Gasteiger partial charge in [0.05, 0.1) is 5.69 Å². The van der Waals surface area contributed by atoms with E-state index < -0.39 is 0 Å². The molecule has 0 aromatic heterocycles. The Balaban J connectivity index is 2.72. The predicted octanol–water partition coefficient (Wildman–Crippen LogP) is 1.59. The second-order valence-electron chi connectivity index (χ2n) is 3.02. The molecule has 0 spiro atoms. The fourth-order valence-corrected chi connectivity index (χ4v) is 1.61. The molecule has 0 saturated carbocycles. The lowest BCUT2D eigenvalue weighted by molar-refractivity contribution is 1.20. The van der Waals surface area contributed by atoms with Crippen LogP contribution in [0.4, 0.5) is 5.69 Å². The molecule has 0 bridgehead atoms. The van der Waals surface area contributed by atoms with Crippen molar-refractivity contribution in [2.24, 2.45) is 5.73 Å². The zero-order valence-corrected chi connectivity index (χ0v) is 9.77. The Kier molecular flexibility index (Phi) is 3.68. The number of hydrogen-bond acceptors (Lipinski definition) is 2. The topological polar surface area (TPSA) is 97.8 Å². The average Bonchev–Trinajstić information content (AvgIpc) is 2.08. The number of benzene rings is 1. The molecule has 0 heterocycles. The van der Waals surface area contributed by atoms with Gasteiger partial charge in [0.1, 0.15) is 0 Å². The highest BCUT2D eigenvalue weighted by Crippen LogP contribution is 2.22. The molecule has 80 valence electrons. The van der Waals surface area contributed by atoms with Crippen molar-refractivity contribution in [2.45, 2.75) is 6.92 Å². The van der Waals surface area contributed by atoms with Gasteiger partial charge in [0.25, 0.3) is 0 Å². The van der Waals surface area contributed by atoms with Gasteiger partial charge >= 0.3 is 0 Å². The number of aryl methyl sites for hydroxylation is 1. The molecule has 0 unspecified atom stereocenters. The Hall–Kier alpha value is -1.56. The van der Waals surface area contributed by atoms with Gasteiger partial charge in [0, 0.05) is 4.47 Å². The van der Waals surface area contributed by atoms with E-state index in [1.807, 2.05) is 25.1 Å². The van der Waals surface area contributed by atoms with Crippen molar-refractivity contribution < 1.29 is 0 Å². The minimum atomic E-state index is -0.268. The lowest BCUT2D eigenvalue weighted by Gasteiger charge is -2.10. The van der Waals surface area contributed by atoms with Crippen molar-refractivity contribution in [2.75, 3.05) is 5.32 Å². The molecule has 0 aliphatic rings. The maximum absolute atomic E-state index is 7.44. The van der Waals surface area contributed by atoms with Gasteiger partial charge < -0.3 is 11.1 Å². The Morgan fingerprint density at radius 1 is 1.40 bits per heavy atom. The molecule has 0 aliphatic carbocycles. The maximum Gasteiger partial charge on any atom is 0.199 e. The number of rotatable bonds is 1. The molecule has 0 atom stereocenters. The summed E-state index contributed by atoms with van der Waals surface area (Å²) in [5.74, 6) is -0.303. The number of anilines is 1. The zero-order valence-electron chi connectivity index (χ0n) is 8.19. The van der Waals surface area contributed by atoms with E-state index >= 15 is 0 Å². The number of nitrogens with two attached hydrogens (primary N) is 1. The summed E-state index contributed by atoms with van der Waals surface area (Å²) in [6.45, 7) is 1.98. The summed E-state index contributed by atoms with van der Waals surface area (Å²) in [5.41, 5.74) is 6.96. The van der Waals surface area contributed by atoms with Crippen molar-refractivity contribution in [1.29, 1.82) is 10.8 Å². The van der Waals surface area contributed by atoms with E-state index in [9.17, 15) is 0 Å². The number of hydrogen-bond donors (Lipinski definition) is 5. The normalized spacial score (nSPS) is 9.47. The van der Waals surface area contributed by atoms with E-state index in [-0.39, 0.29) is 11.9 Å². The standard InChI is InChI=1S/C9H12BrN5/c1-5-2-3-7(6(10)4-5)14-9(13)15-8(11)12/h2-4H,1H3,(H6,11,12,13,14,15). The van der Waals surface area contributed by atoms with Gasteiger partial charge in [-0.1, -0.05) is 6.07 Å². The highest BCUT2D eigenvalue weighted by molar-refractivity contribution is 9.10. The van der Waals surface area contributed by atoms with E-state index in [0.717, 1.165) is 15.7 Å². The smallest absolute Gasteiger partial charge is 0.199 e. The van der Waals surface area contributed by atoms with Crippen LogP contribution in [0.3, 0.4) is 0 Å². The SMILES string of the molecule is Cc1ccc(NC(=N)NC(=N)N)c(Br)c1. The van der Waals surface area contributed by atoms with Gasteiger partial charge in [0.15, 0.2) is 11.9 Å². The zero-order chi connectivity index (χ0) is 11.4. The van der Waals surface area contributed by atoms with Gasteiger partial charge in [-0.2, -0.15) is 0 Å². The van der Waals surface area contributed by atoms with Crippen LogP contribution in [-0.2, 0) is 0 Å². The predicted molar refractivity (Wildman–Crippen MR) is 65.3 cm³/mol. The van der Waals surface area contributed by atoms with Crippen molar-refractivity contribution in [3.63, 3.8) is 0 Å². The molecule has 0 saturated heterocycles. The number of halogens is 1. The molecule has 0 aliphatic heterocycles. The minimum Gasteiger partial charge on any atom is -0.370 e. The van der Waals surface area contributed by atoms with Crippen LogP contribution in [0.1, 0.15) is 5.56 Å². The number of nitrogens with one attached hydrogen (secondary N) is 4. The molecule has 1 aromatic rings. The average molecular weight is 270 g/mol. The quantitative estimate of drug-likeness (QED) is 0.396. The van der Waals surface area contributed by atoms with E-state index in [1.165, 1.54) is 0 Å². The fraction of sp³-hybridized carbons (Fsp3) is 0.111. The molecule has 0 amide bonds. The van der Waals surface area contributed by atoms with Crippen LogP contribution in [-0.4, -0.2) is 11.9 Å². The van der Waals surface area contributed by atoms with Gasteiger partial charge in [-0.3, -0.25) is 16.1 Å². The minimum absolute atomic E-state index is 0.0351. The van der Waals surface area contributed by atoms with Crippen LogP contribution in [0.2, 0.25) is 0 Å². The summed E-state index contributed by atoms with van der Waals surface area (Å²) in [5, 5.41) is 19.5. The van der Waals surface area contributed by atoms with Crippen LogP contribution < -0.4 is 16.4 Å². The molecule has 1 rings (SSSR count). The van der Waals surface area contributed by atoms with E-state index in [4.69, 9.17) is 16.6 Å². The van der Waals surface area contributed by atoms with Crippen LogP contribution in [0.15, 0.2) is 22.7 Å². The third kappa shape index (κ3) is 3.59. The molecule has 6 N–H and O–H groups in total. The summed E-state index contributed by atoms with van der Waals surface area (Å²) in [6, 6.07) is 5.70. The van der Waals surface area contributed by atoms with E-state index in [2.05, 4.69) is 26.6 Å². The summed E-state index contributed by atoms with van der Waals surface area (Å²) in [6.07, 6.45) is 0. The van der Waals surface area contributed by atoms with Crippen molar-refractivity contribution in [3.8, 4) is 0 Å². The molecule has 5 nitrogen and oxygen atoms in total. The van der Waals surface area contributed by atoms with Crippen molar-refractivity contribution in [3.05, 3.63) is 28.2 Å². The largest absolute Gasteiger partial charge is 0.370 e. The van der Waals surface area contributed by atoms with E-state index in [1.54, 1.807) is 0 Å². The molecule has 15 heavy (non-hydrogen) atoms. The lowest BCUT2D eigenvalue weighted by Crippen LogP contribution is -2.39. The Morgan fingerprint density at radius 3 is 2.60 bits per heavy atom. The lowest BCUT2D eigenvalue weighted by atomic mass is 10.2. The second-order valence-corrected chi connectivity index (χ2v) is 3.88. The van der Waals surface area contributed by atoms with Crippen LogP contribution in [0.5, 0.6) is 0 Å². The van der Waals surface area contributed by atoms with Crippen molar-refractivity contribution >= 4 is 33.5 Å². The van der Waals surface area contributed by atoms with Gasteiger partial charge in [-0.05, 0) is 40.5 Å². The van der Waals surface area contributed by atoms with Gasteiger partial charge in [0.2, 0.25) is 0 Å². The highest BCUT2D eigenvalue weighted by atomic mass is 79.9. The van der Waals surface area contributed by atoms with Crippen LogP contribution in [0.25, 0.3) is 0 Å². The highest BCUT2D eigenvalue weighted by Gasteiger charge is 2.02. The molecule has 6 heteroatoms. The first-order valence-electron chi connectivity index (χ1n) is 4.22. The second kappa shape index (κ2) is 4.79. The third-order valence-corrected chi connectivity index (χ3v) is 2.30. The first-order valence-corrected chi connectivity index (χ1v) is 5.01. The monoisotopic (exact) mass is 269 g/mol. The first-order chi connectivity index (χ1) is 6.99. The summed E-state index contributed by atoms with van der Waals surface area (Å²) < 4.78 is 0.859. The molecule has 0 radical (unpaired) electrons. The van der Waals surface area contributed by atoms with Gasteiger partial charge in [-0.15, -0.1) is 0 Å². The number of guanidine groups is 2.